The third-order valence-corrected chi connectivity index (χ3v) is 3.42. The van der Waals surface area contributed by atoms with Crippen molar-refractivity contribution in [3.05, 3.63) is 63.4 Å². The first-order valence-electron chi connectivity index (χ1n) is 5.32. The first-order valence-corrected chi connectivity index (χ1v) is 6.11. The van der Waals surface area contributed by atoms with Gasteiger partial charge in [0.1, 0.15) is 11.6 Å². The molecule has 2 aromatic rings. The van der Waals surface area contributed by atoms with Gasteiger partial charge in [-0.1, -0.05) is 0 Å². The Labute approximate surface area is 112 Å². The zero-order valence-electron chi connectivity index (χ0n) is 9.62. The van der Waals surface area contributed by atoms with Crippen molar-refractivity contribution in [3.8, 4) is 0 Å². The standard InChI is InChI=1S/C13H11BrF2N2/c1-7-4-5-18-6-8(7)13(17)11-10(15)3-2-9(14)12(11)16/h2-6,13H,17H2,1H3. The summed E-state index contributed by atoms with van der Waals surface area (Å²) in [5.41, 5.74) is 7.24. The van der Waals surface area contributed by atoms with Crippen LogP contribution in [0.4, 0.5) is 8.78 Å². The molecule has 5 heteroatoms. The Bertz CT molecular complexity index is 587. The second-order valence-corrected chi connectivity index (χ2v) is 4.82. The molecular weight excluding hydrogens is 302 g/mol. The van der Waals surface area contributed by atoms with Crippen molar-refractivity contribution in [2.75, 3.05) is 0 Å². The van der Waals surface area contributed by atoms with Gasteiger partial charge in [0.25, 0.3) is 0 Å². The molecule has 0 saturated heterocycles. The van der Waals surface area contributed by atoms with E-state index in [2.05, 4.69) is 20.9 Å². The van der Waals surface area contributed by atoms with Crippen molar-refractivity contribution in [1.82, 2.24) is 4.98 Å². The maximum absolute atomic E-state index is 13.9. The van der Waals surface area contributed by atoms with E-state index in [1.807, 2.05) is 6.92 Å². The number of rotatable bonds is 2. The number of benzene rings is 1. The SMILES string of the molecule is Cc1ccncc1C(N)c1c(F)ccc(Br)c1F. The van der Waals surface area contributed by atoms with Crippen LogP contribution in [-0.4, -0.2) is 4.98 Å². The predicted octanol–water partition coefficient (Wildman–Crippen LogP) is 3.48. The molecule has 1 unspecified atom stereocenters. The minimum atomic E-state index is -0.879. The molecule has 2 N–H and O–H groups in total. The molecule has 1 atom stereocenters. The van der Waals surface area contributed by atoms with Gasteiger partial charge in [0.05, 0.1) is 10.5 Å². The molecule has 1 aromatic carbocycles. The molecule has 18 heavy (non-hydrogen) atoms. The second kappa shape index (κ2) is 5.12. The molecule has 0 aliphatic carbocycles. The maximum atomic E-state index is 13.9. The van der Waals surface area contributed by atoms with E-state index >= 15 is 0 Å². The first-order chi connectivity index (χ1) is 8.52. The summed E-state index contributed by atoms with van der Waals surface area (Å²) in [5, 5.41) is 0. The Hall–Kier alpha value is -1.33. The lowest BCUT2D eigenvalue weighted by molar-refractivity contribution is 0.538. The normalized spacial score (nSPS) is 12.5. The highest BCUT2D eigenvalue weighted by molar-refractivity contribution is 9.10. The van der Waals surface area contributed by atoms with Gasteiger partial charge in [-0.2, -0.15) is 0 Å². The summed E-state index contributed by atoms with van der Waals surface area (Å²) in [4.78, 5) is 3.94. The first kappa shape index (κ1) is 13.1. The van der Waals surface area contributed by atoms with Crippen LogP contribution < -0.4 is 5.73 Å². The number of halogens is 3. The number of nitrogens with two attached hydrogens (primary N) is 1. The zero-order valence-corrected chi connectivity index (χ0v) is 11.2. The van der Waals surface area contributed by atoms with Gasteiger partial charge in [0.15, 0.2) is 0 Å². The molecule has 0 spiro atoms. The van der Waals surface area contributed by atoms with Crippen LogP contribution >= 0.6 is 15.9 Å². The van der Waals surface area contributed by atoms with E-state index in [1.54, 1.807) is 12.3 Å². The highest BCUT2D eigenvalue weighted by Crippen LogP contribution is 2.30. The van der Waals surface area contributed by atoms with E-state index in [0.29, 0.717) is 5.56 Å². The Kier molecular flexibility index (Phi) is 3.73. The molecule has 0 aliphatic rings. The van der Waals surface area contributed by atoms with Crippen molar-refractivity contribution in [2.24, 2.45) is 5.73 Å². The van der Waals surface area contributed by atoms with E-state index in [0.717, 1.165) is 5.56 Å². The summed E-state index contributed by atoms with van der Waals surface area (Å²) in [5.74, 6) is -1.34. The molecule has 0 saturated carbocycles. The minimum absolute atomic E-state index is 0.152. The summed E-state index contributed by atoms with van der Waals surface area (Å²) in [6.45, 7) is 1.82. The molecule has 0 radical (unpaired) electrons. The quantitative estimate of drug-likeness (QED) is 0.862. The predicted molar refractivity (Wildman–Crippen MR) is 69.1 cm³/mol. The smallest absolute Gasteiger partial charge is 0.145 e. The third kappa shape index (κ3) is 2.28. The number of hydrogen-bond donors (Lipinski definition) is 1. The number of nitrogens with zero attached hydrogens (tertiary/aromatic N) is 1. The molecule has 0 bridgehead atoms. The summed E-state index contributed by atoms with van der Waals surface area (Å²) in [6, 6.07) is 3.38. The molecule has 94 valence electrons. The van der Waals surface area contributed by atoms with E-state index in [1.165, 1.54) is 18.3 Å². The molecule has 2 rings (SSSR count). The molecule has 0 amide bonds. The van der Waals surface area contributed by atoms with Crippen LogP contribution in [0, 0.1) is 18.6 Å². The average Bonchev–Trinajstić information content (AvgIpc) is 2.35. The fourth-order valence-electron chi connectivity index (χ4n) is 1.79. The van der Waals surface area contributed by atoms with Crippen molar-refractivity contribution in [2.45, 2.75) is 13.0 Å². The van der Waals surface area contributed by atoms with E-state index < -0.39 is 17.7 Å². The van der Waals surface area contributed by atoms with Gasteiger partial charge < -0.3 is 5.73 Å². The van der Waals surface area contributed by atoms with Gasteiger partial charge in [-0.15, -0.1) is 0 Å². The van der Waals surface area contributed by atoms with Gasteiger partial charge in [-0.05, 0) is 52.2 Å². The van der Waals surface area contributed by atoms with Crippen LogP contribution in [0.5, 0.6) is 0 Å². The van der Waals surface area contributed by atoms with Crippen LogP contribution in [-0.2, 0) is 0 Å². The van der Waals surface area contributed by atoms with Gasteiger partial charge in [0.2, 0.25) is 0 Å². The maximum Gasteiger partial charge on any atom is 0.145 e. The lowest BCUT2D eigenvalue weighted by Gasteiger charge is -2.16. The third-order valence-electron chi connectivity index (χ3n) is 2.81. The summed E-state index contributed by atoms with van der Waals surface area (Å²) in [7, 11) is 0. The summed E-state index contributed by atoms with van der Waals surface area (Å²) in [6.07, 6.45) is 3.14. The fraction of sp³-hybridized carbons (Fsp3) is 0.154. The average molecular weight is 313 g/mol. The minimum Gasteiger partial charge on any atom is -0.320 e. The summed E-state index contributed by atoms with van der Waals surface area (Å²) < 4.78 is 27.9. The van der Waals surface area contributed by atoms with Crippen LogP contribution in [0.2, 0.25) is 0 Å². The van der Waals surface area contributed by atoms with Gasteiger partial charge in [0, 0.05) is 18.0 Å². The van der Waals surface area contributed by atoms with Crippen molar-refractivity contribution >= 4 is 15.9 Å². The highest BCUT2D eigenvalue weighted by atomic mass is 79.9. The molecule has 2 nitrogen and oxygen atoms in total. The largest absolute Gasteiger partial charge is 0.320 e. The Balaban J connectivity index is 2.56. The molecular formula is C13H11BrF2N2. The summed E-state index contributed by atoms with van der Waals surface area (Å²) >= 11 is 3.03. The van der Waals surface area contributed by atoms with Crippen LogP contribution in [0.15, 0.2) is 35.1 Å². The fourth-order valence-corrected chi connectivity index (χ4v) is 2.13. The lowest BCUT2D eigenvalue weighted by Crippen LogP contribution is -2.17. The number of aryl methyl sites for hydroxylation is 1. The highest BCUT2D eigenvalue weighted by Gasteiger charge is 2.21. The van der Waals surface area contributed by atoms with Gasteiger partial charge >= 0.3 is 0 Å². The molecule has 0 aliphatic heterocycles. The van der Waals surface area contributed by atoms with Gasteiger partial charge in [-0.25, -0.2) is 8.78 Å². The lowest BCUT2D eigenvalue weighted by atomic mass is 9.97. The van der Waals surface area contributed by atoms with E-state index in [-0.39, 0.29) is 10.0 Å². The Morgan fingerprint density at radius 1 is 1.28 bits per heavy atom. The van der Waals surface area contributed by atoms with Crippen LogP contribution in [0.25, 0.3) is 0 Å². The Morgan fingerprint density at radius 2 is 2.00 bits per heavy atom. The molecule has 1 aromatic heterocycles. The van der Waals surface area contributed by atoms with Crippen molar-refractivity contribution < 1.29 is 8.78 Å². The van der Waals surface area contributed by atoms with Gasteiger partial charge in [-0.3, -0.25) is 4.98 Å². The monoisotopic (exact) mass is 312 g/mol. The molecule has 1 heterocycles. The molecule has 0 fully saturated rings. The topological polar surface area (TPSA) is 38.9 Å². The Morgan fingerprint density at radius 3 is 2.67 bits per heavy atom. The van der Waals surface area contributed by atoms with Crippen LogP contribution in [0.3, 0.4) is 0 Å². The van der Waals surface area contributed by atoms with Crippen molar-refractivity contribution in [1.29, 1.82) is 0 Å². The van der Waals surface area contributed by atoms with E-state index in [4.69, 9.17) is 5.73 Å². The number of pyridine rings is 1. The number of aromatic nitrogens is 1. The number of hydrogen-bond acceptors (Lipinski definition) is 2. The van der Waals surface area contributed by atoms with E-state index in [9.17, 15) is 8.78 Å². The van der Waals surface area contributed by atoms with Crippen LogP contribution in [0.1, 0.15) is 22.7 Å². The zero-order chi connectivity index (χ0) is 13.3. The van der Waals surface area contributed by atoms with Crippen molar-refractivity contribution in [3.63, 3.8) is 0 Å². The second-order valence-electron chi connectivity index (χ2n) is 3.97.